The molecule has 0 bridgehead atoms. The van der Waals surface area contributed by atoms with Crippen LogP contribution >= 0.6 is 11.3 Å². The molecule has 0 aliphatic carbocycles. The molecule has 0 aliphatic rings. The van der Waals surface area contributed by atoms with E-state index in [0.29, 0.717) is 10.6 Å². The molecular weight excluding hydrogens is 450 g/mol. The Bertz CT molecular complexity index is 1520. The summed E-state index contributed by atoms with van der Waals surface area (Å²) in [5.41, 5.74) is 15.3. The number of anilines is 2. The number of carbonyl (C=O) groups excluding carboxylic acids is 1. The van der Waals surface area contributed by atoms with E-state index in [1.807, 2.05) is 24.3 Å². The molecule has 174 valence electrons. The van der Waals surface area contributed by atoms with Crippen LogP contribution in [-0.4, -0.2) is 10.9 Å². The lowest BCUT2D eigenvalue weighted by atomic mass is 9.98. The summed E-state index contributed by atoms with van der Waals surface area (Å²) < 4.78 is 0. The number of nitrogens with two attached hydrogens (primary N) is 1. The van der Waals surface area contributed by atoms with Crippen molar-refractivity contribution in [3.8, 4) is 22.4 Å². The number of benzene rings is 3. The number of pyridine rings is 1. The molecule has 3 N–H and O–H groups in total. The fourth-order valence-corrected chi connectivity index (χ4v) is 5.15. The van der Waals surface area contributed by atoms with Gasteiger partial charge in [-0.15, -0.1) is 11.3 Å². The number of nitrogens with zero attached hydrogens (tertiary/aromatic N) is 1. The maximum Gasteiger partial charge on any atom is 0.267 e. The van der Waals surface area contributed by atoms with Crippen LogP contribution in [0.15, 0.2) is 78.9 Å². The summed E-state index contributed by atoms with van der Waals surface area (Å²) in [7, 11) is 0. The summed E-state index contributed by atoms with van der Waals surface area (Å²) in [6.07, 6.45) is 0.953. The van der Waals surface area contributed by atoms with Gasteiger partial charge in [-0.05, 0) is 55.2 Å². The predicted molar refractivity (Wildman–Crippen MR) is 148 cm³/mol. The van der Waals surface area contributed by atoms with Crippen molar-refractivity contribution in [2.45, 2.75) is 27.2 Å². The zero-order chi connectivity index (χ0) is 24.5. The number of amides is 1. The number of nitrogens with one attached hydrogen (secondary N) is 1. The second kappa shape index (κ2) is 9.35. The van der Waals surface area contributed by atoms with E-state index < -0.39 is 0 Å². The minimum absolute atomic E-state index is 0.221. The van der Waals surface area contributed by atoms with Crippen molar-refractivity contribution >= 4 is 38.8 Å². The molecule has 0 saturated heterocycles. The normalized spacial score (nSPS) is 11.1. The summed E-state index contributed by atoms with van der Waals surface area (Å²) in [6.45, 7) is 6.24. The van der Waals surface area contributed by atoms with Gasteiger partial charge in [-0.2, -0.15) is 0 Å². The van der Waals surface area contributed by atoms with E-state index in [9.17, 15) is 4.79 Å². The highest BCUT2D eigenvalue weighted by Gasteiger charge is 2.22. The van der Waals surface area contributed by atoms with Crippen LogP contribution in [0.2, 0.25) is 0 Å². The topological polar surface area (TPSA) is 68.0 Å². The Kier molecular flexibility index (Phi) is 6.10. The van der Waals surface area contributed by atoms with Crippen molar-refractivity contribution in [1.82, 2.24) is 4.98 Å². The van der Waals surface area contributed by atoms with E-state index in [2.05, 4.69) is 80.7 Å². The Balaban J connectivity index is 1.63. The lowest BCUT2D eigenvalue weighted by Gasteiger charge is -2.10. The number of aryl methyl sites for hydroxylation is 3. The molecule has 0 fully saturated rings. The van der Waals surface area contributed by atoms with Gasteiger partial charge in [0, 0.05) is 16.6 Å². The number of hydrogen-bond donors (Lipinski definition) is 2. The molecule has 4 nitrogen and oxygen atoms in total. The van der Waals surface area contributed by atoms with Crippen LogP contribution in [0.1, 0.15) is 33.3 Å². The summed E-state index contributed by atoms with van der Waals surface area (Å²) in [5, 5.41) is 3.81. The van der Waals surface area contributed by atoms with Gasteiger partial charge in [-0.1, -0.05) is 78.7 Å². The molecule has 5 heteroatoms. The van der Waals surface area contributed by atoms with Crippen LogP contribution in [0.3, 0.4) is 0 Å². The first-order valence-electron chi connectivity index (χ1n) is 11.7. The van der Waals surface area contributed by atoms with E-state index in [0.717, 1.165) is 44.7 Å². The minimum atomic E-state index is -0.221. The maximum absolute atomic E-state index is 13.2. The molecular formula is C30H27N3OS. The molecule has 3 aromatic carbocycles. The summed E-state index contributed by atoms with van der Waals surface area (Å²) in [5.74, 6) is -0.221. The van der Waals surface area contributed by atoms with Crippen LogP contribution in [-0.2, 0) is 6.42 Å². The summed E-state index contributed by atoms with van der Waals surface area (Å²) >= 11 is 1.33. The van der Waals surface area contributed by atoms with Crippen molar-refractivity contribution in [1.29, 1.82) is 0 Å². The highest BCUT2D eigenvalue weighted by molar-refractivity contribution is 7.21. The maximum atomic E-state index is 13.2. The van der Waals surface area contributed by atoms with E-state index in [4.69, 9.17) is 10.7 Å². The van der Waals surface area contributed by atoms with Crippen molar-refractivity contribution in [3.05, 3.63) is 100 Å². The van der Waals surface area contributed by atoms with Crippen LogP contribution in [0.25, 0.3) is 32.6 Å². The van der Waals surface area contributed by atoms with Crippen LogP contribution in [0.5, 0.6) is 0 Å². The first-order valence-corrected chi connectivity index (χ1v) is 12.5. The van der Waals surface area contributed by atoms with Gasteiger partial charge in [-0.3, -0.25) is 4.79 Å². The van der Waals surface area contributed by atoms with Crippen LogP contribution in [0, 0.1) is 13.8 Å². The number of aromatic nitrogens is 1. The van der Waals surface area contributed by atoms with Gasteiger partial charge >= 0.3 is 0 Å². The van der Waals surface area contributed by atoms with Crippen LogP contribution < -0.4 is 11.1 Å². The largest absolute Gasteiger partial charge is 0.397 e. The molecule has 0 aliphatic heterocycles. The quantitative estimate of drug-likeness (QED) is 0.273. The second-order valence-electron chi connectivity index (χ2n) is 8.82. The van der Waals surface area contributed by atoms with Gasteiger partial charge in [0.2, 0.25) is 0 Å². The molecule has 0 atom stereocenters. The smallest absolute Gasteiger partial charge is 0.267 e. The average molecular weight is 478 g/mol. The van der Waals surface area contributed by atoms with E-state index in [1.165, 1.54) is 28.0 Å². The van der Waals surface area contributed by atoms with Crippen molar-refractivity contribution in [3.63, 3.8) is 0 Å². The van der Waals surface area contributed by atoms with E-state index >= 15 is 0 Å². The van der Waals surface area contributed by atoms with Gasteiger partial charge < -0.3 is 11.1 Å². The van der Waals surface area contributed by atoms with Crippen molar-refractivity contribution in [2.75, 3.05) is 11.1 Å². The third-order valence-electron chi connectivity index (χ3n) is 6.24. The first kappa shape index (κ1) is 22.8. The molecule has 0 spiro atoms. The SMILES string of the molecule is CCc1ccc(NC(=O)c2sc3nc(-c4ccc(C)cc4)cc(-c4ccc(C)cc4)c3c2N)cc1. The Labute approximate surface area is 209 Å². The number of fused-ring (bicyclic) bond motifs is 1. The minimum Gasteiger partial charge on any atom is -0.397 e. The fourth-order valence-electron chi connectivity index (χ4n) is 4.13. The Morgan fingerprint density at radius 2 is 1.49 bits per heavy atom. The second-order valence-corrected chi connectivity index (χ2v) is 9.82. The molecule has 0 saturated carbocycles. The van der Waals surface area contributed by atoms with Gasteiger partial charge in [0.05, 0.1) is 11.4 Å². The molecule has 35 heavy (non-hydrogen) atoms. The molecule has 5 aromatic rings. The van der Waals surface area contributed by atoms with Crippen molar-refractivity contribution < 1.29 is 4.79 Å². The van der Waals surface area contributed by atoms with Gasteiger partial charge in [0.25, 0.3) is 5.91 Å². The van der Waals surface area contributed by atoms with E-state index in [1.54, 1.807) is 0 Å². The van der Waals surface area contributed by atoms with E-state index in [-0.39, 0.29) is 5.91 Å². The third kappa shape index (κ3) is 4.55. The number of thiophene rings is 1. The molecule has 2 heterocycles. The molecule has 0 unspecified atom stereocenters. The summed E-state index contributed by atoms with van der Waals surface area (Å²) in [6, 6.07) is 26.6. The Morgan fingerprint density at radius 1 is 0.886 bits per heavy atom. The lowest BCUT2D eigenvalue weighted by Crippen LogP contribution is -2.11. The zero-order valence-corrected chi connectivity index (χ0v) is 20.9. The molecule has 5 rings (SSSR count). The molecule has 1 amide bonds. The standard InChI is InChI=1S/C30H27N3OS/c1-4-20-9-15-23(16-10-20)32-29(34)28-27(31)26-24(21-11-5-18(2)6-12-21)17-25(33-30(26)35-28)22-13-7-19(3)8-14-22/h5-17H,4,31H2,1-3H3,(H,32,34). The zero-order valence-electron chi connectivity index (χ0n) is 20.1. The number of nitrogen functional groups attached to an aromatic ring is 1. The van der Waals surface area contributed by atoms with Crippen molar-refractivity contribution in [2.24, 2.45) is 0 Å². The Morgan fingerprint density at radius 3 is 2.09 bits per heavy atom. The first-order chi connectivity index (χ1) is 16.9. The third-order valence-corrected chi connectivity index (χ3v) is 7.33. The highest BCUT2D eigenvalue weighted by atomic mass is 32.1. The lowest BCUT2D eigenvalue weighted by molar-refractivity contribution is 0.103. The summed E-state index contributed by atoms with van der Waals surface area (Å²) in [4.78, 5) is 19.4. The van der Waals surface area contributed by atoms with Crippen LogP contribution in [0.4, 0.5) is 11.4 Å². The fraction of sp³-hybridized carbons (Fsp3) is 0.133. The van der Waals surface area contributed by atoms with Gasteiger partial charge in [0.1, 0.15) is 9.71 Å². The van der Waals surface area contributed by atoms with Gasteiger partial charge in [0.15, 0.2) is 0 Å². The molecule has 0 radical (unpaired) electrons. The Hall–Kier alpha value is -3.96. The highest BCUT2D eigenvalue weighted by Crippen LogP contribution is 2.41. The number of hydrogen-bond acceptors (Lipinski definition) is 4. The number of carbonyl (C=O) groups is 1. The predicted octanol–water partition coefficient (Wildman–Crippen LogP) is 7.64. The molecule has 2 aromatic heterocycles. The average Bonchev–Trinajstić information content (AvgIpc) is 3.21. The van der Waals surface area contributed by atoms with Gasteiger partial charge in [-0.25, -0.2) is 4.98 Å². The monoisotopic (exact) mass is 477 g/mol. The number of rotatable bonds is 5.